The van der Waals surface area contributed by atoms with Crippen LogP contribution in [-0.2, 0) is 49.9 Å². The first kappa shape index (κ1) is 42.1. The molecule has 3 fully saturated rings. The van der Waals surface area contributed by atoms with E-state index < -0.39 is 77.2 Å². The molecule has 5 heterocycles. The molecule has 22 nitrogen and oxygen atoms in total. The fraction of sp³-hybridized carbons (Fsp3) is 0.378. The van der Waals surface area contributed by atoms with Crippen LogP contribution in [0.4, 0.5) is 16.4 Å². The third-order valence-electron chi connectivity index (χ3n) is 10.3. The van der Waals surface area contributed by atoms with E-state index in [1.165, 1.54) is 35.4 Å². The number of anilines is 2. The van der Waals surface area contributed by atoms with Gasteiger partial charge in [-0.05, 0) is 35.7 Å². The molecule has 8 rings (SSSR count). The van der Waals surface area contributed by atoms with Crippen molar-refractivity contribution in [2.75, 3.05) is 31.3 Å². The Morgan fingerprint density at radius 2 is 1.82 bits per heavy atom. The minimum Gasteiger partial charge on any atom is -0.474 e. The standard InChI is InChI=1S/C37H41N9O13P2/c1-45(37(50)53-15-20-6-8-23(38)9-7-20)14-21-4-2-3-5-25(21)33(48)43-36-42-32-29(34(49)44-36)41-19-46(32)35-31-30(47)27(57-35)17-55-60(51)58-26-13-24(56-28-10-11-39-18-40-28)12-22(26)16-54-61(52)59-31/h2-11,18-19,22,24,26-27,30-31,35,47,60-61H,12-17,38H2,1H3,(H2,42,43,44,48,49)/t22-,24-,26+,27-,30-,31-,35-/m1/s1. The Hall–Kier alpha value is -5.57. The Balaban J connectivity index is 0.965. The number of nitrogens with zero attached hydrogens (tertiary/aromatic N) is 6. The van der Waals surface area contributed by atoms with Gasteiger partial charge >= 0.3 is 22.6 Å². The first-order valence-corrected chi connectivity index (χ1v) is 21.5. The lowest BCUT2D eigenvalue weighted by Gasteiger charge is -2.23. The normalized spacial score (nSPS) is 26.6. The van der Waals surface area contributed by atoms with Gasteiger partial charge in [0, 0.05) is 49.4 Å². The van der Waals surface area contributed by atoms with E-state index in [0.29, 0.717) is 30.0 Å². The number of aliphatic hydroxyl groups excluding tert-OH is 1. The third kappa shape index (κ3) is 9.82. The zero-order chi connectivity index (χ0) is 42.6. The van der Waals surface area contributed by atoms with Gasteiger partial charge in [-0.2, -0.15) is 4.98 Å². The number of aliphatic hydroxyl groups is 1. The van der Waals surface area contributed by atoms with Gasteiger partial charge in [0.15, 0.2) is 17.4 Å². The second-order valence-corrected chi connectivity index (χ2v) is 16.5. The number of nitrogen functional groups attached to an aromatic ring is 1. The van der Waals surface area contributed by atoms with Crippen LogP contribution < -0.4 is 21.3 Å². The number of hydrogen-bond donors (Lipinski definition) is 4. The Morgan fingerprint density at radius 3 is 2.62 bits per heavy atom. The molecular weight excluding hydrogens is 840 g/mol. The third-order valence-corrected chi connectivity index (χ3v) is 12.0. The highest BCUT2D eigenvalue weighted by Gasteiger charge is 2.48. The van der Waals surface area contributed by atoms with Crippen molar-refractivity contribution in [1.82, 2.24) is 34.4 Å². The minimum atomic E-state index is -3.33. The van der Waals surface area contributed by atoms with Crippen molar-refractivity contribution < 1.29 is 56.1 Å². The number of aromatic nitrogens is 6. The Bertz CT molecular complexity index is 2480. The quantitative estimate of drug-likeness (QED) is 0.122. The Labute approximate surface area is 347 Å². The number of nitrogens with one attached hydrogen (secondary N) is 2. The number of H-pyrrole nitrogens is 1. The molecule has 9 atom stereocenters. The maximum atomic E-state index is 13.7. The van der Waals surface area contributed by atoms with Crippen molar-refractivity contribution in [1.29, 1.82) is 0 Å². The summed E-state index contributed by atoms with van der Waals surface area (Å²) in [5.74, 6) is -0.993. The molecule has 0 radical (unpaired) electrons. The molecular formula is C37H41N9O13P2. The molecule has 2 amide bonds. The van der Waals surface area contributed by atoms with Crippen LogP contribution >= 0.6 is 16.5 Å². The van der Waals surface area contributed by atoms with E-state index in [9.17, 15) is 28.6 Å². The molecule has 2 saturated heterocycles. The molecule has 322 valence electrons. The van der Waals surface area contributed by atoms with Crippen LogP contribution in [0.2, 0.25) is 0 Å². The number of hydrogen-bond acceptors (Lipinski definition) is 18. The molecule has 3 aromatic heterocycles. The smallest absolute Gasteiger partial charge is 0.410 e. The molecule has 24 heteroatoms. The van der Waals surface area contributed by atoms with E-state index in [1.54, 1.807) is 54.6 Å². The molecule has 3 aliphatic rings. The predicted molar refractivity (Wildman–Crippen MR) is 214 cm³/mol. The molecule has 2 unspecified atom stereocenters. The highest BCUT2D eigenvalue weighted by Crippen LogP contribution is 2.44. The largest absolute Gasteiger partial charge is 0.474 e. The number of nitrogens with two attached hydrogens (primary N) is 1. The maximum absolute atomic E-state index is 13.7. The molecule has 2 aliphatic heterocycles. The Kier molecular flexibility index (Phi) is 12.8. The summed E-state index contributed by atoms with van der Waals surface area (Å²) in [7, 11) is -4.96. The van der Waals surface area contributed by atoms with Crippen LogP contribution in [-0.4, -0.2) is 102 Å². The summed E-state index contributed by atoms with van der Waals surface area (Å²) in [4.78, 5) is 60.1. The molecule has 1 aliphatic carbocycles. The van der Waals surface area contributed by atoms with Gasteiger partial charge in [-0.25, -0.2) is 19.7 Å². The van der Waals surface area contributed by atoms with Crippen molar-refractivity contribution in [2.45, 2.75) is 62.7 Å². The fourth-order valence-corrected chi connectivity index (χ4v) is 9.02. The summed E-state index contributed by atoms with van der Waals surface area (Å²) in [6, 6.07) is 15.0. The lowest BCUT2D eigenvalue weighted by molar-refractivity contribution is -0.0481. The van der Waals surface area contributed by atoms with E-state index in [-0.39, 0.29) is 48.5 Å². The van der Waals surface area contributed by atoms with Gasteiger partial charge in [0.1, 0.15) is 37.4 Å². The average molecular weight is 882 g/mol. The molecule has 2 aromatic carbocycles. The number of carbonyl (C=O) groups is 2. The highest BCUT2D eigenvalue weighted by atomic mass is 31.1. The zero-order valence-corrected chi connectivity index (χ0v) is 34.3. The summed E-state index contributed by atoms with van der Waals surface area (Å²) in [6.45, 7) is -0.516. The summed E-state index contributed by atoms with van der Waals surface area (Å²) in [5, 5.41) is 13.9. The fourth-order valence-electron chi connectivity index (χ4n) is 7.22. The number of fused-ring (bicyclic) bond motifs is 4. The highest BCUT2D eigenvalue weighted by molar-refractivity contribution is 7.33. The van der Waals surface area contributed by atoms with Crippen LogP contribution in [0, 0.1) is 5.92 Å². The van der Waals surface area contributed by atoms with Crippen LogP contribution in [0.3, 0.4) is 0 Å². The minimum absolute atomic E-state index is 0.00165. The van der Waals surface area contributed by atoms with Crippen molar-refractivity contribution >= 4 is 51.3 Å². The lowest BCUT2D eigenvalue weighted by atomic mass is 10.1. The van der Waals surface area contributed by atoms with E-state index in [0.717, 1.165) is 5.56 Å². The summed E-state index contributed by atoms with van der Waals surface area (Å²) in [5.41, 5.74) is 6.72. The number of rotatable bonds is 9. The monoisotopic (exact) mass is 881 g/mol. The number of carbonyl (C=O) groups excluding carboxylic acids is 2. The van der Waals surface area contributed by atoms with Gasteiger partial charge in [0.2, 0.25) is 11.8 Å². The molecule has 5 aromatic rings. The second-order valence-electron chi connectivity index (χ2n) is 14.4. The topological polar surface area (TPSA) is 284 Å². The van der Waals surface area contributed by atoms with Crippen LogP contribution in [0.1, 0.15) is 40.6 Å². The van der Waals surface area contributed by atoms with Crippen LogP contribution in [0.15, 0.2) is 78.2 Å². The van der Waals surface area contributed by atoms with Gasteiger partial charge in [-0.1, -0.05) is 30.3 Å². The number of imidazole rings is 1. The van der Waals surface area contributed by atoms with Crippen molar-refractivity contribution in [3.63, 3.8) is 0 Å². The van der Waals surface area contributed by atoms with Crippen LogP contribution in [0.5, 0.6) is 5.88 Å². The van der Waals surface area contributed by atoms with Gasteiger partial charge in [0.05, 0.1) is 25.6 Å². The molecule has 61 heavy (non-hydrogen) atoms. The first-order chi connectivity index (χ1) is 29.5. The van der Waals surface area contributed by atoms with Gasteiger partial charge in [-0.15, -0.1) is 0 Å². The summed E-state index contributed by atoms with van der Waals surface area (Å²) in [6.07, 6.45) is -2.20. The van der Waals surface area contributed by atoms with E-state index >= 15 is 0 Å². The number of amides is 2. The van der Waals surface area contributed by atoms with E-state index in [4.69, 9.17) is 38.0 Å². The van der Waals surface area contributed by atoms with Crippen molar-refractivity contribution in [2.24, 2.45) is 5.92 Å². The van der Waals surface area contributed by atoms with Crippen molar-refractivity contribution in [3.05, 3.63) is 100 Å². The molecule has 0 spiro atoms. The second kappa shape index (κ2) is 18.6. The number of ether oxygens (including phenoxy) is 3. The number of benzene rings is 2. The molecule has 2 bridgehead atoms. The first-order valence-electron chi connectivity index (χ1n) is 19.0. The maximum Gasteiger partial charge on any atom is 0.410 e. The number of aromatic amines is 1. The SMILES string of the molecule is CN(Cc1ccccc1C(=O)Nc1nc2c(ncn2[C@@H]2O[C@@H]3CO[PH](=O)O[C@H]4C[C@H](Oc5ccncn5)C[C@@H]4CO[PH](=O)O[C@@H]2[C@@H]3O)c(=O)[nH]1)C(=O)OCc1ccc(N)cc1. The van der Waals surface area contributed by atoms with Crippen molar-refractivity contribution in [3.8, 4) is 5.88 Å². The van der Waals surface area contributed by atoms with E-state index in [2.05, 4.69) is 30.2 Å². The summed E-state index contributed by atoms with van der Waals surface area (Å²) < 4.78 is 67.9. The van der Waals surface area contributed by atoms with Crippen LogP contribution in [0.25, 0.3) is 11.2 Å². The molecule has 5 N–H and O–H groups in total. The van der Waals surface area contributed by atoms with Gasteiger partial charge in [-0.3, -0.25) is 38.1 Å². The van der Waals surface area contributed by atoms with E-state index in [1.807, 2.05) is 0 Å². The molecule has 1 saturated carbocycles. The Morgan fingerprint density at radius 1 is 1.03 bits per heavy atom. The zero-order valence-electron chi connectivity index (χ0n) is 32.3. The predicted octanol–water partition coefficient (Wildman–Crippen LogP) is 3.23. The summed E-state index contributed by atoms with van der Waals surface area (Å²) >= 11 is 0. The average Bonchev–Trinajstić information content (AvgIpc) is 3.93. The van der Waals surface area contributed by atoms with Gasteiger partial charge in [0.25, 0.3) is 11.5 Å². The van der Waals surface area contributed by atoms with Gasteiger partial charge < -0.3 is 43.5 Å². The lowest BCUT2D eigenvalue weighted by Crippen LogP contribution is -2.34.